The zero-order valence-corrected chi connectivity index (χ0v) is 10.2. The highest BCUT2D eigenvalue weighted by Gasteiger charge is 2.23. The maximum atomic E-state index is 11.9. The lowest BCUT2D eigenvalue weighted by atomic mass is 10.1. The standard InChI is InChI=1S/C12H14ClN3O/c1-7-4-10(11(13)15-6-7)16-12(17)8-2-3-9(14)5-8/h2-4,6,8-9H,5,14H2,1H3,(H,16,17). The van der Waals surface area contributed by atoms with Gasteiger partial charge in [0.25, 0.3) is 0 Å². The predicted molar refractivity (Wildman–Crippen MR) is 67.8 cm³/mol. The molecule has 4 nitrogen and oxygen atoms in total. The fourth-order valence-electron chi connectivity index (χ4n) is 1.79. The van der Waals surface area contributed by atoms with Gasteiger partial charge in [-0.05, 0) is 25.0 Å². The molecule has 0 radical (unpaired) electrons. The Morgan fingerprint density at radius 1 is 1.59 bits per heavy atom. The minimum atomic E-state index is -0.179. The molecule has 1 aliphatic rings. The first kappa shape index (κ1) is 12.1. The van der Waals surface area contributed by atoms with Gasteiger partial charge < -0.3 is 11.1 Å². The third-order valence-corrected chi connectivity index (χ3v) is 2.99. The van der Waals surface area contributed by atoms with Crippen LogP contribution in [0.3, 0.4) is 0 Å². The van der Waals surface area contributed by atoms with Gasteiger partial charge in [0.05, 0.1) is 11.6 Å². The molecule has 2 unspecified atom stereocenters. The van der Waals surface area contributed by atoms with Crippen LogP contribution in [-0.2, 0) is 4.79 Å². The molecule has 2 rings (SSSR count). The fraction of sp³-hybridized carbons (Fsp3) is 0.333. The van der Waals surface area contributed by atoms with E-state index in [4.69, 9.17) is 17.3 Å². The van der Waals surface area contributed by atoms with E-state index in [1.165, 1.54) is 0 Å². The van der Waals surface area contributed by atoms with Crippen LogP contribution in [0.4, 0.5) is 5.69 Å². The zero-order chi connectivity index (χ0) is 12.4. The summed E-state index contributed by atoms with van der Waals surface area (Å²) < 4.78 is 0. The Bertz CT molecular complexity index is 473. The number of hydrogen-bond donors (Lipinski definition) is 2. The largest absolute Gasteiger partial charge is 0.324 e. The SMILES string of the molecule is Cc1cnc(Cl)c(NC(=O)C2C=CC(N)C2)c1. The van der Waals surface area contributed by atoms with Crippen molar-refractivity contribution in [1.29, 1.82) is 0 Å². The molecule has 1 amide bonds. The van der Waals surface area contributed by atoms with Crippen LogP contribution in [0.1, 0.15) is 12.0 Å². The number of anilines is 1. The summed E-state index contributed by atoms with van der Waals surface area (Å²) in [6.45, 7) is 1.89. The minimum absolute atomic E-state index is 0.0307. The van der Waals surface area contributed by atoms with E-state index in [0.29, 0.717) is 17.3 Å². The number of nitrogens with two attached hydrogens (primary N) is 1. The summed E-state index contributed by atoms with van der Waals surface area (Å²) in [5.41, 5.74) is 7.20. The molecule has 2 atom stereocenters. The maximum Gasteiger partial charge on any atom is 0.231 e. The van der Waals surface area contributed by atoms with Crippen molar-refractivity contribution in [3.63, 3.8) is 0 Å². The number of halogens is 1. The summed E-state index contributed by atoms with van der Waals surface area (Å²) in [7, 11) is 0. The topological polar surface area (TPSA) is 68.0 Å². The monoisotopic (exact) mass is 251 g/mol. The summed E-state index contributed by atoms with van der Waals surface area (Å²) in [5.74, 6) is -0.273. The zero-order valence-electron chi connectivity index (χ0n) is 9.48. The van der Waals surface area contributed by atoms with E-state index in [1.807, 2.05) is 19.1 Å². The van der Waals surface area contributed by atoms with Gasteiger partial charge in [0.1, 0.15) is 0 Å². The van der Waals surface area contributed by atoms with Crippen LogP contribution in [-0.4, -0.2) is 16.9 Å². The molecular weight excluding hydrogens is 238 g/mol. The summed E-state index contributed by atoms with van der Waals surface area (Å²) >= 11 is 5.91. The first-order chi connectivity index (χ1) is 8.06. The summed E-state index contributed by atoms with van der Waals surface area (Å²) in [4.78, 5) is 15.9. The first-order valence-corrected chi connectivity index (χ1v) is 5.81. The number of rotatable bonds is 2. The average molecular weight is 252 g/mol. The number of pyridine rings is 1. The third-order valence-electron chi connectivity index (χ3n) is 2.69. The molecular formula is C12H14ClN3O. The number of amides is 1. The Morgan fingerprint density at radius 3 is 3.00 bits per heavy atom. The lowest BCUT2D eigenvalue weighted by Crippen LogP contribution is -2.24. The molecule has 1 aromatic rings. The molecule has 17 heavy (non-hydrogen) atoms. The molecule has 0 spiro atoms. The van der Waals surface area contributed by atoms with Crippen LogP contribution in [0.15, 0.2) is 24.4 Å². The Labute approximate surface area is 105 Å². The number of nitrogens with one attached hydrogen (secondary N) is 1. The summed E-state index contributed by atoms with van der Waals surface area (Å²) in [6, 6.07) is 1.77. The van der Waals surface area contributed by atoms with Gasteiger partial charge in [-0.25, -0.2) is 4.98 Å². The van der Waals surface area contributed by atoms with Crippen LogP contribution >= 0.6 is 11.6 Å². The van der Waals surface area contributed by atoms with Crippen molar-refractivity contribution in [1.82, 2.24) is 4.98 Å². The molecule has 0 aromatic carbocycles. The molecule has 90 valence electrons. The Hall–Kier alpha value is -1.39. The van der Waals surface area contributed by atoms with Gasteiger partial charge in [-0.15, -0.1) is 0 Å². The number of aryl methyl sites for hydroxylation is 1. The van der Waals surface area contributed by atoms with Crippen molar-refractivity contribution >= 4 is 23.2 Å². The van der Waals surface area contributed by atoms with E-state index in [0.717, 1.165) is 5.56 Å². The van der Waals surface area contributed by atoms with Gasteiger partial charge in [-0.2, -0.15) is 0 Å². The quantitative estimate of drug-likeness (QED) is 0.623. The predicted octanol–water partition coefficient (Wildman–Crippen LogP) is 1.89. The van der Waals surface area contributed by atoms with E-state index < -0.39 is 0 Å². The van der Waals surface area contributed by atoms with Gasteiger partial charge in [-0.1, -0.05) is 23.8 Å². The Balaban J connectivity index is 2.08. The van der Waals surface area contributed by atoms with Gasteiger partial charge in [0.15, 0.2) is 5.15 Å². The van der Waals surface area contributed by atoms with Gasteiger partial charge in [0.2, 0.25) is 5.91 Å². The second kappa shape index (κ2) is 4.85. The Morgan fingerprint density at radius 2 is 2.35 bits per heavy atom. The van der Waals surface area contributed by atoms with Crippen LogP contribution in [0.5, 0.6) is 0 Å². The van der Waals surface area contributed by atoms with Gasteiger partial charge in [-0.3, -0.25) is 4.79 Å². The van der Waals surface area contributed by atoms with Crippen LogP contribution < -0.4 is 11.1 Å². The lowest BCUT2D eigenvalue weighted by molar-refractivity contribution is -0.118. The minimum Gasteiger partial charge on any atom is -0.324 e. The highest BCUT2D eigenvalue weighted by Crippen LogP contribution is 2.23. The smallest absolute Gasteiger partial charge is 0.231 e. The third kappa shape index (κ3) is 2.84. The highest BCUT2D eigenvalue weighted by atomic mass is 35.5. The highest BCUT2D eigenvalue weighted by molar-refractivity contribution is 6.32. The normalized spacial score (nSPS) is 22.8. The lowest BCUT2D eigenvalue weighted by Gasteiger charge is -2.11. The number of nitrogens with zero attached hydrogens (tertiary/aromatic N) is 1. The number of aromatic nitrogens is 1. The first-order valence-electron chi connectivity index (χ1n) is 5.43. The van der Waals surface area contributed by atoms with Crippen LogP contribution in [0.2, 0.25) is 5.15 Å². The Kier molecular flexibility index (Phi) is 3.45. The van der Waals surface area contributed by atoms with E-state index in [-0.39, 0.29) is 17.9 Å². The van der Waals surface area contributed by atoms with Gasteiger partial charge >= 0.3 is 0 Å². The van der Waals surface area contributed by atoms with Crippen molar-refractivity contribution in [2.45, 2.75) is 19.4 Å². The number of carbonyl (C=O) groups excluding carboxylic acids is 1. The number of carbonyl (C=O) groups is 1. The second-order valence-corrected chi connectivity index (χ2v) is 4.59. The molecule has 1 aromatic heterocycles. The molecule has 0 bridgehead atoms. The summed E-state index contributed by atoms with van der Waals surface area (Å²) in [6.07, 6.45) is 5.98. The van der Waals surface area contributed by atoms with E-state index in [2.05, 4.69) is 10.3 Å². The van der Waals surface area contributed by atoms with Crippen LogP contribution in [0.25, 0.3) is 0 Å². The average Bonchev–Trinajstić information content (AvgIpc) is 2.70. The van der Waals surface area contributed by atoms with Gasteiger partial charge in [0, 0.05) is 12.2 Å². The van der Waals surface area contributed by atoms with E-state index >= 15 is 0 Å². The van der Waals surface area contributed by atoms with Crippen molar-refractivity contribution in [2.24, 2.45) is 11.7 Å². The second-order valence-electron chi connectivity index (χ2n) is 4.23. The van der Waals surface area contributed by atoms with Crippen LogP contribution in [0, 0.1) is 12.8 Å². The van der Waals surface area contributed by atoms with E-state index in [1.54, 1.807) is 12.3 Å². The molecule has 1 aliphatic carbocycles. The fourth-order valence-corrected chi connectivity index (χ4v) is 1.94. The molecule has 0 saturated heterocycles. The van der Waals surface area contributed by atoms with E-state index in [9.17, 15) is 4.79 Å². The van der Waals surface area contributed by atoms with Crippen molar-refractivity contribution in [3.8, 4) is 0 Å². The van der Waals surface area contributed by atoms with Crippen molar-refractivity contribution in [3.05, 3.63) is 35.1 Å². The molecule has 0 saturated carbocycles. The summed E-state index contributed by atoms with van der Waals surface area (Å²) in [5, 5.41) is 3.07. The molecule has 0 fully saturated rings. The molecule has 1 heterocycles. The number of hydrogen-bond acceptors (Lipinski definition) is 3. The molecule has 3 N–H and O–H groups in total. The van der Waals surface area contributed by atoms with Crippen molar-refractivity contribution in [2.75, 3.05) is 5.32 Å². The molecule has 5 heteroatoms. The maximum absolute atomic E-state index is 11.9. The van der Waals surface area contributed by atoms with Crippen molar-refractivity contribution < 1.29 is 4.79 Å². The molecule has 0 aliphatic heterocycles.